The molecule has 1 atom stereocenters. The molecule has 80 valence electrons. The molecule has 3 N–H and O–H groups in total. The Kier molecular flexibility index (Phi) is 3.21. The predicted octanol–water partition coefficient (Wildman–Crippen LogP) is 1.54. The Bertz CT molecular complexity index is 258. The summed E-state index contributed by atoms with van der Waals surface area (Å²) < 4.78 is 29.6. The molecule has 0 amide bonds. The molecule has 0 aromatic rings. The molecule has 5 heteroatoms. The number of ether oxygens (including phenoxy) is 1. The van der Waals surface area contributed by atoms with E-state index in [-0.39, 0.29) is 12.5 Å². The highest BCUT2D eigenvalue weighted by Gasteiger charge is 2.31. The third kappa shape index (κ3) is 3.83. The van der Waals surface area contributed by atoms with E-state index in [0.717, 1.165) is 6.92 Å². The number of alkyl halides is 2. The van der Waals surface area contributed by atoms with Crippen LogP contribution in [0, 0.1) is 11.3 Å². The van der Waals surface area contributed by atoms with Crippen molar-refractivity contribution in [1.82, 2.24) is 0 Å². The highest BCUT2D eigenvalue weighted by atomic mass is 19.3. The average molecular weight is 204 g/mol. The van der Waals surface area contributed by atoms with Crippen LogP contribution in [0.15, 0.2) is 11.8 Å². The number of nitrogens with two attached hydrogens (primary N) is 1. The second kappa shape index (κ2) is 4.04. The van der Waals surface area contributed by atoms with Gasteiger partial charge in [-0.25, -0.2) is 8.78 Å². The van der Waals surface area contributed by atoms with Crippen LogP contribution in [0.2, 0.25) is 0 Å². The van der Waals surface area contributed by atoms with Crippen molar-refractivity contribution in [2.45, 2.75) is 19.3 Å². The fraction of sp³-hybridized carbons (Fsp3) is 0.667. The first kappa shape index (κ1) is 11.1. The molecule has 0 aliphatic heterocycles. The molecule has 0 saturated heterocycles. The number of allylic oxidation sites excluding steroid dienone is 2. The zero-order valence-corrected chi connectivity index (χ0v) is 8.02. The molecule has 0 radical (unpaired) electrons. The van der Waals surface area contributed by atoms with Gasteiger partial charge in [-0.15, -0.1) is 0 Å². The Morgan fingerprint density at radius 1 is 1.71 bits per heavy atom. The summed E-state index contributed by atoms with van der Waals surface area (Å²) in [4.78, 5) is 0. The molecule has 0 aromatic carbocycles. The van der Waals surface area contributed by atoms with Gasteiger partial charge in [-0.1, -0.05) is 0 Å². The molecule has 0 fully saturated rings. The minimum Gasteiger partial charge on any atom is -0.491 e. The SMILES string of the molecule is CC(F)(F)COC1=CC1CC(=N)CN. The van der Waals surface area contributed by atoms with Gasteiger partial charge < -0.3 is 15.9 Å². The van der Waals surface area contributed by atoms with Gasteiger partial charge in [0.25, 0.3) is 5.92 Å². The van der Waals surface area contributed by atoms with Gasteiger partial charge in [-0.2, -0.15) is 0 Å². The summed E-state index contributed by atoms with van der Waals surface area (Å²) in [6.07, 6.45) is 2.22. The Morgan fingerprint density at radius 3 is 2.86 bits per heavy atom. The molecule has 14 heavy (non-hydrogen) atoms. The minimum atomic E-state index is -2.80. The number of halogens is 2. The molecular weight excluding hydrogens is 190 g/mol. The molecule has 0 aromatic heterocycles. The van der Waals surface area contributed by atoms with E-state index in [4.69, 9.17) is 15.9 Å². The van der Waals surface area contributed by atoms with Crippen LogP contribution >= 0.6 is 0 Å². The molecule has 0 saturated carbocycles. The van der Waals surface area contributed by atoms with E-state index >= 15 is 0 Å². The van der Waals surface area contributed by atoms with E-state index in [1.165, 1.54) is 0 Å². The second-order valence-corrected chi connectivity index (χ2v) is 3.55. The van der Waals surface area contributed by atoms with Crippen LogP contribution in [0.25, 0.3) is 0 Å². The van der Waals surface area contributed by atoms with Crippen LogP contribution in [0.1, 0.15) is 13.3 Å². The molecule has 0 heterocycles. The number of nitrogens with one attached hydrogen (secondary N) is 1. The average Bonchev–Trinajstić information content (AvgIpc) is 2.79. The van der Waals surface area contributed by atoms with E-state index in [0.29, 0.717) is 17.9 Å². The van der Waals surface area contributed by atoms with Gasteiger partial charge in [-0.05, 0) is 12.5 Å². The van der Waals surface area contributed by atoms with Gasteiger partial charge in [0.15, 0.2) is 6.61 Å². The standard InChI is InChI=1S/C9H14F2N2O/c1-9(10,11)5-14-8-3-6(8)2-7(13)4-12/h3,6,13H,2,4-5,12H2,1H3. The van der Waals surface area contributed by atoms with Gasteiger partial charge in [-0.3, -0.25) is 0 Å². The van der Waals surface area contributed by atoms with Crippen LogP contribution in [0.4, 0.5) is 8.78 Å². The van der Waals surface area contributed by atoms with Crippen molar-refractivity contribution in [3.8, 4) is 0 Å². The fourth-order valence-corrected chi connectivity index (χ4v) is 1.02. The molecule has 0 bridgehead atoms. The largest absolute Gasteiger partial charge is 0.491 e. The Balaban J connectivity index is 2.14. The van der Waals surface area contributed by atoms with Crippen molar-refractivity contribution < 1.29 is 13.5 Å². The third-order valence-corrected chi connectivity index (χ3v) is 1.83. The van der Waals surface area contributed by atoms with Gasteiger partial charge in [0.2, 0.25) is 0 Å². The van der Waals surface area contributed by atoms with Crippen molar-refractivity contribution in [3.05, 3.63) is 11.8 Å². The normalized spacial score (nSPS) is 20.3. The molecule has 0 spiro atoms. The number of hydrogen-bond acceptors (Lipinski definition) is 3. The van der Waals surface area contributed by atoms with E-state index in [1.807, 2.05) is 0 Å². The van der Waals surface area contributed by atoms with Crippen LogP contribution in [-0.2, 0) is 4.74 Å². The van der Waals surface area contributed by atoms with Crippen LogP contribution < -0.4 is 5.73 Å². The highest BCUT2D eigenvalue weighted by molar-refractivity contribution is 5.84. The topological polar surface area (TPSA) is 59.1 Å². The highest BCUT2D eigenvalue weighted by Crippen LogP contribution is 2.34. The maximum absolute atomic E-state index is 12.4. The second-order valence-electron chi connectivity index (χ2n) is 3.55. The van der Waals surface area contributed by atoms with Gasteiger partial charge >= 0.3 is 0 Å². The predicted molar refractivity (Wildman–Crippen MR) is 49.5 cm³/mol. The summed E-state index contributed by atoms with van der Waals surface area (Å²) >= 11 is 0. The Morgan fingerprint density at radius 2 is 2.36 bits per heavy atom. The molecule has 1 aliphatic carbocycles. The van der Waals surface area contributed by atoms with Gasteiger partial charge in [0.1, 0.15) is 5.76 Å². The smallest absolute Gasteiger partial charge is 0.278 e. The molecular formula is C9H14F2N2O. The lowest BCUT2D eigenvalue weighted by molar-refractivity contribution is -0.0426. The van der Waals surface area contributed by atoms with E-state index in [9.17, 15) is 8.78 Å². The molecule has 3 nitrogen and oxygen atoms in total. The van der Waals surface area contributed by atoms with E-state index < -0.39 is 12.5 Å². The quantitative estimate of drug-likeness (QED) is 0.645. The van der Waals surface area contributed by atoms with Crippen molar-refractivity contribution >= 4 is 5.71 Å². The molecule has 1 rings (SSSR count). The summed E-state index contributed by atoms with van der Waals surface area (Å²) in [5.74, 6) is -2.21. The lowest BCUT2D eigenvalue weighted by Crippen LogP contribution is -2.18. The van der Waals surface area contributed by atoms with Crippen molar-refractivity contribution in [2.75, 3.05) is 13.2 Å². The third-order valence-electron chi connectivity index (χ3n) is 1.83. The minimum absolute atomic E-state index is 0.0217. The zero-order valence-electron chi connectivity index (χ0n) is 8.02. The van der Waals surface area contributed by atoms with E-state index in [2.05, 4.69) is 0 Å². The summed E-state index contributed by atoms with van der Waals surface area (Å²) in [5.41, 5.74) is 5.64. The Hall–Kier alpha value is -0.970. The lowest BCUT2D eigenvalue weighted by Gasteiger charge is -2.10. The van der Waals surface area contributed by atoms with Gasteiger partial charge in [0.05, 0.1) is 0 Å². The molecule has 1 unspecified atom stereocenters. The first-order chi connectivity index (χ1) is 6.42. The molecule has 1 aliphatic rings. The summed E-state index contributed by atoms with van der Waals surface area (Å²) in [7, 11) is 0. The van der Waals surface area contributed by atoms with Crippen LogP contribution in [-0.4, -0.2) is 24.8 Å². The monoisotopic (exact) mass is 204 g/mol. The maximum Gasteiger partial charge on any atom is 0.278 e. The van der Waals surface area contributed by atoms with Crippen molar-refractivity contribution in [1.29, 1.82) is 5.41 Å². The van der Waals surface area contributed by atoms with Crippen molar-refractivity contribution in [2.24, 2.45) is 11.7 Å². The van der Waals surface area contributed by atoms with E-state index in [1.54, 1.807) is 6.08 Å². The number of rotatable bonds is 6. The number of hydrogen-bond donors (Lipinski definition) is 2. The van der Waals surface area contributed by atoms with Crippen LogP contribution in [0.5, 0.6) is 0 Å². The summed E-state index contributed by atoms with van der Waals surface area (Å²) in [5, 5.41) is 7.29. The van der Waals surface area contributed by atoms with Crippen molar-refractivity contribution in [3.63, 3.8) is 0 Å². The summed E-state index contributed by atoms with van der Waals surface area (Å²) in [6, 6.07) is 0. The maximum atomic E-state index is 12.4. The van der Waals surface area contributed by atoms with Crippen LogP contribution in [0.3, 0.4) is 0 Å². The lowest BCUT2D eigenvalue weighted by atomic mass is 10.2. The first-order valence-corrected chi connectivity index (χ1v) is 4.41. The zero-order chi connectivity index (χ0) is 10.8. The van der Waals surface area contributed by atoms with Gasteiger partial charge in [0, 0.05) is 25.1 Å². The first-order valence-electron chi connectivity index (χ1n) is 4.41. The summed E-state index contributed by atoms with van der Waals surface area (Å²) in [6.45, 7) is 0.430. The fourth-order valence-electron chi connectivity index (χ4n) is 1.02. The Labute approximate surface area is 81.4 Å².